The number of hydrogen-bond donors (Lipinski definition) is 1. The molecule has 1 aromatic carbocycles. The Hall–Kier alpha value is -1.06. The van der Waals surface area contributed by atoms with Crippen LogP contribution >= 0.6 is 12.4 Å². The molecule has 0 radical (unpaired) electrons. The summed E-state index contributed by atoms with van der Waals surface area (Å²) in [4.78, 5) is 11.3. The van der Waals surface area contributed by atoms with Gasteiger partial charge in [0.05, 0.1) is 13.7 Å². The van der Waals surface area contributed by atoms with Crippen LogP contribution in [0.3, 0.4) is 0 Å². The number of benzene rings is 1. The zero-order chi connectivity index (χ0) is 9.84. The van der Waals surface area contributed by atoms with Crippen LogP contribution in [0.2, 0.25) is 0 Å². The van der Waals surface area contributed by atoms with Gasteiger partial charge in [-0.25, -0.2) is 0 Å². The molecule has 0 unspecified atom stereocenters. The van der Waals surface area contributed by atoms with Gasteiger partial charge in [0.1, 0.15) is 5.75 Å². The molecular weight excluding hydrogens is 202 g/mol. The molecule has 4 heteroatoms. The Morgan fingerprint density at radius 1 is 1.50 bits per heavy atom. The van der Waals surface area contributed by atoms with Gasteiger partial charge in [-0.15, -0.1) is 12.4 Å². The Balaban J connectivity index is 0.00000169. The fourth-order valence-corrected chi connectivity index (χ4v) is 1.14. The van der Waals surface area contributed by atoms with Crippen LogP contribution in [0.1, 0.15) is 15.9 Å². The largest absolute Gasteiger partial charge is 0.497 e. The monoisotopic (exact) mass is 215 g/mol. The number of methoxy groups -OCH3 is 1. The first-order chi connectivity index (χ1) is 6.19. The van der Waals surface area contributed by atoms with Crippen LogP contribution in [0.15, 0.2) is 18.2 Å². The molecule has 2 N–H and O–H groups in total. The molecule has 78 valence electrons. The van der Waals surface area contributed by atoms with Gasteiger partial charge in [-0.1, -0.05) is 6.07 Å². The smallest absolute Gasteiger partial charge is 0.176 e. The van der Waals surface area contributed by atoms with Gasteiger partial charge in [0.2, 0.25) is 0 Å². The molecule has 3 nitrogen and oxygen atoms in total. The van der Waals surface area contributed by atoms with Crippen LogP contribution in [0.5, 0.6) is 5.75 Å². The van der Waals surface area contributed by atoms with E-state index < -0.39 is 0 Å². The molecule has 0 saturated heterocycles. The maximum atomic E-state index is 11.3. The fraction of sp³-hybridized carbons (Fsp3) is 0.300. The van der Waals surface area contributed by atoms with Crippen molar-refractivity contribution in [1.82, 2.24) is 0 Å². The molecule has 0 amide bonds. The number of ether oxygens (including phenoxy) is 1. The third-order valence-electron chi connectivity index (χ3n) is 1.93. The molecule has 1 aromatic rings. The third kappa shape index (κ3) is 2.72. The zero-order valence-corrected chi connectivity index (χ0v) is 9.06. The highest BCUT2D eigenvalue weighted by atomic mass is 35.5. The van der Waals surface area contributed by atoms with Crippen molar-refractivity contribution in [3.63, 3.8) is 0 Å². The van der Waals surface area contributed by atoms with Crippen molar-refractivity contribution in [2.75, 3.05) is 13.7 Å². The zero-order valence-electron chi connectivity index (χ0n) is 8.24. The molecule has 0 fully saturated rings. The highest BCUT2D eigenvalue weighted by Gasteiger charge is 2.07. The molecule has 0 saturated carbocycles. The molecule has 0 spiro atoms. The molecule has 0 aromatic heterocycles. The first-order valence-electron chi connectivity index (χ1n) is 4.07. The van der Waals surface area contributed by atoms with Crippen LogP contribution in [0, 0.1) is 6.92 Å². The second-order valence-corrected chi connectivity index (χ2v) is 2.81. The Labute approximate surface area is 89.7 Å². The lowest BCUT2D eigenvalue weighted by molar-refractivity contribution is 0.100. The number of carbonyl (C=O) groups is 1. The van der Waals surface area contributed by atoms with Crippen LogP contribution < -0.4 is 10.5 Å². The molecule has 1 rings (SSSR count). The fourth-order valence-electron chi connectivity index (χ4n) is 1.14. The molecule has 14 heavy (non-hydrogen) atoms. The summed E-state index contributed by atoms with van der Waals surface area (Å²) in [6.45, 7) is 1.91. The first-order valence-corrected chi connectivity index (χ1v) is 4.07. The van der Waals surface area contributed by atoms with Gasteiger partial charge in [0, 0.05) is 5.56 Å². The van der Waals surface area contributed by atoms with Gasteiger partial charge in [0.15, 0.2) is 5.78 Å². The Morgan fingerprint density at radius 3 is 2.64 bits per heavy atom. The minimum Gasteiger partial charge on any atom is -0.497 e. The van der Waals surface area contributed by atoms with Gasteiger partial charge >= 0.3 is 0 Å². The van der Waals surface area contributed by atoms with E-state index in [4.69, 9.17) is 10.5 Å². The van der Waals surface area contributed by atoms with Crippen LogP contribution in [0.25, 0.3) is 0 Å². The summed E-state index contributed by atoms with van der Waals surface area (Å²) < 4.78 is 5.01. The lowest BCUT2D eigenvalue weighted by Gasteiger charge is -2.05. The molecular formula is C10H14ClNO2. The van der Waals surface area contributed by atoms with Crippen LogP contribution in [-0.4, -0.2) is 19.4 Å². The second kappa shape index (κ2) is 5.62. The lowest BCUT2D eigenvalue weighted by Crippen LogP contribution is -2.14. The standard InChI is InChI=1S/C10H13NO2.ClH/c1-7-3-4-8(13-2)5-9(7)10(12)6-11;/h3-5H,6,11H2,1-2H3;1H. The minimum absolute atomic E-state index is 0. The van der Waals surface area contributed by atoms with E-state index in [0.29, 0.717) is 11.3 Å². The van der Waals surface area contributed by atoms with Crippen molar-refractivity contribution in [3.8, 4) is 5.75 Å². The summed E-state index contributed by atoms with van der Waals surface area (Å²) in [5.41, 5.74) is 6.84. The number of carbonyl (C=O) groups excluding carboxylic acids is 1. The molecule has 0 atom stereocenters. The molecule has 0 bridgehead atoms. The predicted molar refractivity (Wildman–Crippen MR) is 58.4 cm³/mol. The van der Waals surface area contributed by atoms with Crippen molar-refractivity contribution in [3.05, 3.63) is 29.3 Å². The van der Waals surface area contributed by atoms with Crippen molar-refractivity contribution >= 4 is 18.2 Å². The average molecular weight is 216 g/mol. The van der Waals surface area contributed by atoms with E-state index in [1.165, 1.54) is 0 Å². The van der Waals surface area contributed by atoms with Crippen molar-refractivity contribution in [2.24, 2.45) is 5.73 Å². The van der Waals surface area contributed by atoms with Crippen molar-refractivity contribution in [1.29, 1.82) is 0 Å². The number of ketones is 1. The summed E-state index contributed by atoms with van der Waals surface area (Å²) in [7, 11) is 1.57. The van der Waals surface area contributed by atoms with Crippen LogP contribution in [0.4, 0.5) is 0 Å². The van der Waals surface area contributed by atoms with E-state index in [-0.39, 0.29) is 24.7 Å². The SMILES string of the molecule is COc1ccc(C)c(C(=O)CN)c1.Cl. The summed E-state index contributed by atoms with van der Waals surface area (Å²) >= 11 is 0. The van der Waals surface area contributed by atoms with Gasteiger partial charge in [0.25, 0.3) is 0 Å². The summed E-state index contributed by atoms with van der Waals surface area (Å²) in [5, 5.41) is 0. The Kier molecular flexibility index (Phi) is 5.20. The minimum atomic E-state index is -0.0589. The van der Waals surface area contributed by atoms with E-state index >= 15 is 0 Å². The van der Waals surface area contributed by atoms with E-state index in [1.54, 1.807) is 13.2 Å². The molecule has 0 heterocycles. The molecule has 0 aliphatic carbocycles. The van der Waals surface area contributed by atoms with Crippen LogP contribution in [-0.2, 0) is 0 Å². The maximum absolute atomic E-state index is 11.3. The topological polar surface area (TPSA) is 52.3 Å². The van der Waals surface area contributed by atoms with E-state index in [1.807, 2.05) is 19.1 Å². The number of rotatable bonds is 3. The highest BCUT2D eigenvalue weighted by molar-refractivity contribution is 5.99. The van der Waals surface area contributed by atoms with Gasteiger partial charge < -0.3 is 10.5 Å². The maximum Gasteiger partial charge on any atom is 0.176 e. The van der Waals surface area contributed by atoms with Crippen molar-refractivity contribution < 1.29 is 9.53 Å². The predicted octanol–water partition coefficient (Wildman–Crippen LogP) is 1.57. The first kappa shape index (κ1) is 12.9. The average Bonchev–Trinajstić information content (AvgIpc) is 2.17. The summed E-state index contributed by atoms with van der Waals surface area (Å²) in [5.74, 6) is 0.624. The number of nitrogens with two attached hydrogens (primary N) is 1. The molecule has 0 aliphatic rings. The number of hydrogen-bond acceptors (Lipinski definition) is 3. The van der Waals surface area contributed by atoms with Crippen molar-refractivity contribution in [2.45, 2.75) is 6.92 Å². The Bertz CT molecular complexity index is 326. The molecule has 0 aliphatic heterocycles. The quantitative estimate of drug-likeness (QED) is 0.779. The normalized spacial score (nSPS) is 9.07. The number of aryl methyl sites for hydroxylation is 1. The van der Waals surface area contributed by atoms with Gasteiger partial charge in [-0.2, -0.15) is 0 Å². The Morgan fingerprint density at radius 2 is 2.14 bits per heavy atom. The number of halogens is 1. The summed E-state index contributed by atoms with van der Waals surface area (Å²) in [6, 6.07) is 5.38. The second-order valence-electron chi connectivity index (χ2n) is 2.81. The lowest BCUT2D eigenvalue weighted by atomic mass is 10.0. The van der Waals surface area contributed by atoms with Gasteiger partial charge in [-0.3, -0.25) is 4.79 Å². The third-order valence-corrected chi connectivity index (χ3v) is 1.93. The van der Waals surface area contributed by atoms with E-state index in [2.05, 4.69) is 0 Å². The van der Waals surface area contributed by atoms with E-state index in [9.17, 15) is 4.79 Å². The number of Topliss-reactive ketones (excluding diaryl/α,β-unsaturated/α-hetero) is 1. The van der Waals surface area contributed by atoms with E-state index in [0.717, 1.165) is 5.56 Å². The summed E-state index contributed by atoms with van der Waals surface area (Å²) in [6.07, 6.45) is 0. The van der Waals surface area contributed by atoms with Gasteiger partial charge in [-0.05, 0) is 24.6 Å². The highest BCUT2D eigenvalue weighted by Crippen LogP contribution is 2.16.